The summed E-state index contributed by atoms with van der Waals surface area (Å²) in [5.41, 5.74) is 3.89. The Labute approximate surface area is 186 Å². The van der Waals surface area contributed by atoms with Gasteiger partial charge in [-0.15, -0.1) is 10.2 Å². The third-order valence-corrected chi connectivity index (χ3v) is 6.19. The normalized spacial score (nSPS) is 14.5. The van der Waals surface area contributed by atoms with Crippen molar-refractivity contribution in [1.82, 2.24) is 14.8 Å². The number of aromatic nitrogens is 3. The second-order valence-electron chi connectivity index (χ2n) is 7.79. The van der Waals surface area contributed by atoms with E-state index in [2.05, 4.69) is 47.6 Å². The molecule has 7 heteroatoms. The van der Waals surface area contributed by atoms with Gasteiger partial charge in [0.25, 0.3) is 0 Å². The Morgan fingerprint density at radius 3 is 2.58 bits per heavy atom. The van der Waals surface area contributed by atoms with Crippen LogP contribution >= 0.6 is 11.8 Å². The molecule has 0 aliphatic heterocycles. The summed E-state index contributed by atoms with van der Waals surface area (Å²) >= 11 is 1.39. The van der Waals surface area contributed by atoms with E-state index >= 15 is 0 Å². The maximum absolute atomic E-state index is 12.8. The fourth-order valence-electron chi connectivity index (χ4n) is 3.33. The summed E-state index contributed by atoms with van der Waals surface area (Å²) in [5, 5.41) is 12.1. The second kappa shape index (κ2) is 9.39. The fourth-order valence-corrected chi connectivity index (χ4v) is 4.20. The van der Waals surface area contributed by atoms with Crippen molar-refractivity contribution in [3.05, 3.63) is 66.6 Å². The van der Waals surface area contributed by atoms with E-state index in [1.807, 2.05) is 41.8 Å². The molecule has 31 heavy (non-hydrogen) atoms. The molecular weight excluding hydrogens is 408 g/mol. The van der Waals surface area contributed by atoms with Crippen LogP contribution in [-0.4, -0.2) is 25.9 Å². The molecule has 0 radical (unpaired) electrons. The molecule has 1 atom stereocenters. The van der Waals surface area contributed by atoms with Crippen molar-refractivity contribution in [3.8, 4) is 11.4 Å². The fraction of sp³-hybridized carbons (Fsp3) is 0.292. The Morgan fingerprint density at radius 2 is 1.94 bits per heavy atom. The zero-order valence-electron chi connectivity index (χ0n) is 17.9. The Bertz CT molecular complexity index is 1100. The van der Waals surface area contributed by atoms with Gasteiger partial charge in [0.1, 0.15) is 6.26 Å². The minimum absolute atomic E-state index is 0.0742. The highest BCUT2D eigenvalue weighted by Gasteiger charge is 2.23. The van der Waals surface area contributed by atoms with Crippen molar-refractivity contribution in [2.24, 2.45) is 0 Å². The van der Waals surface area contributed by atoms with Gasteiger partial charge in [0.2, 0.25) is 5.91 Å². The maximum atomic E-state index is 12.8. The number of thioether (sulfide) groups is 1. The molecule has 4 rings (SSSR count). The lowest BCUT2D eigenvalue weighted by Gasteiger charge is -2.16. The molecular formula is C24H26N4O2S. The van der Waals surface area contributed by atoms with Crippen LogP contribution in [0.4, 0.5) is 5.69 Å². The molecule has 0 spiro atoms. The van der Waals surface area contributed by atoms with Gasteiger partial charge in [-0.2, -0.15) is 0 Å². The second-order valence-corrected chi connectivity index (χ2v) is 9.10. The average molecular weight is 435 g/mol. The topological polar surface area (TPSA) is 73.0 Å². The molecule has 0 saturated heterocycles. The summed E-state index contributed by atoms with van der Waals surface area (Å²) in [6, 6.07) is 9.85. The van der Waals surface area contributed by atoms with Crippen molar-refractivity contribution < 1.29 is 9.21 Å². The van der Waals surface area contributed by atoms with Gasteiger partial charge in [-0.1, -0.05) is 49.9 Å². The third kappa shape index (κ3) is 4.82. The van der Waals surface area contributed by atoms with Crippen molar-refractivity contribution in [2.45, 2.75) is 49.9 Å². The average Bonchev–Trinajstić information content (AvgIpc) is 3.44. The van der Waals surface area contributed by atoms with Crippen molar-refractivity contribution in [2.75, 3.05) is 5.32 Å². The van der Waals surface area contributed by atoms with Crippen molar-refractivity contribution in [1.29, 1.82) is 0 Å². The first-order valence-electron chi connectivity index (χ1n) is 10.5. The quantitative estimate of drug-likeness (QED) is 0.464. The van der Waals surface area contributed by atoms with Crippen LogP contribution < -0.4 is 5.32 Å². The predicted octanol–water partition coefficient (Wildman–Crippen LogP) is 5.97. The summed E-state index contributed by atoms with van der Waals surface area (Å²) in [4.78, 5) is 12.8. The number of hydrogen-bond donors (Lipinski definition) is 1. The number of nitrogens with zero attached hydrogens (tertiary/aromatic N) is 3. The molecule has 1 aliphatic rings. The first-order valence-corrected chi connectivity index (χ1v) is 11.3. The zero-order chi connectivity index (χ0) is 21.8. The van der Waals surface area contributed by atoms with Gasteiger partial charge in [0.15, 0.2) is 11.0 Å². The summed E-state index contributed by atoms with van der Waals surface area (Å²) in [7, 11) is 0. The van der Waals surface area contributed by atoms with E-state index in [-0.39, 0.29) is 11.2 Å². The maximum Gasteiger partial charge on any atom is 0.237 e. The number of furan rings is 1. The van der Waals surface area contributed by atoms with E-state index in [9.17, 15) is 4.79 Å². The van der Waals surface area contributed by atoms with Crippen LogP contribution in [0.2, 0.25) is 0 Å². The van der Waals surface area contributed by atoms with Crippen LogP contribution in [-0.2, 0) is 4.79 Å². The van der Waals surface area contributed by atoms with Crippen LogP contribution in [0.1, 0.15) is 45.1 Å². The number of anilines is 1. The molecule has 2 aromatic heterocycles. The Balaban J connectivity index is 1.53. The van der Waals surface area contributed by atoms with E-state index < -0.39 is 0 Å². The first-order chi connectivity index (χ1) is 15.0. The van der Waals surface area contributed by atoms with E-state index in [4.69, 9.17) is 4.42 Å². The lowest BCUT2D eigenvalue weighted by atomic mass is 10.0. The highest BCUT2D eigenvalue weighted by Crippen LogP contribution is 2.32. The zero-order valence-corrected chi connectivity index (χ0v) is 18.7. The molecule has 0 saturated carbocycles. The third-order valence-electron chi connectivity index (χ3n) is 5.14. The Kier molecular flexibility index (Phi) is 6.42. The number of allylic oxidation sites excluding steroid dienone is 4. The molecule has 160 valence electrons. The van der Waals surface area contributed by atoms with E-state index in [0.717, 1.165) is 29.8 Å². The highest BCUT2D eigenvalue weighted by atomic mass is 32.2. The highest BCUT2D eigenvalue weighted by molar-refractivity contribution is 8.00. The van der Waals surface area contributed by atoms with Crippen molar-refractivity contribution >= 4 is 29.1 Å². The number of carbonyl (C=O) groups is 1. The Morgan fingerprint density at radius 1 is 1.13 bits per heavy atom. The van der Waals surface area contributed by atoms with E-state index in [1.54, 1.807) is 12.5 Å². The molecule has 6 nitrogen and oxygen atoms in total. The SMILES string of the molecule is CC(Sc1nnc(-c2ccoc2)n1C1=CCCC=C1)C(=O)Nc1ccc(C(C)C)cc1. The van der Waals surface area contributed by atoms with E-state index in [1.165, 1.54) is 17.3 Å². The molecule has 3 aromatic rings. The van der Waals surface area contributed by atoms with Crippen molar-refractivity contribution in [3.63, 3.8) is 0 Å². The molecule has 2 heterocycles. The number of nitrogens with one attached hydrogen (secondary N) is 1. The smallest absolute Gasteiger partial charge is 0.237 e. The van der Waals surface area contributed by atoms with Gasteiger partial charge in [0.05, 0.1) is 17.1 Å². The van der Waals surface area contributed by atoms with E-state index in [0.29, 0.717) is 16.9 Å². The monoisotopic (exact) mass is 434 g/mol. The number of carbonyl (C=O) groups excluding carboxylic acids is 1. The molecule has 0 bridgehead atoms. The number of rotatable bonds is 7. The summed E-state index contributed by atoms with van der Waals surface area (Å²) in [6.07, 6.45) is 11.6. The summed E-state index contributed by atoms with van der Waals surface area (Å²) < 4.78 is 7.23. The predicted molar refractivity (Wildman–Crippen MR) is 125 cm³/mol. The van der Waals surface area contributed by atoms with Gasteiger partial charge in [-0.05, 0) is 55.5 Å². The molecule has 1 aliphatic carbocycles. The lowest BCUT2D eigenvalue weighted by molar-refractivity contribution is -0.115. The first kappa shape index (κ1) is 21.2. The molecule has 1 amide bonds. The van der Waals surface area contributed by atoms with Crippen LogP contribution in [0.25, 0.3) is 17.1 Å². The largest absolute Gasteiger partial charge is 0.472 e. The van der Waals surface area contributed by atoms with Gasteiger partial charge in [-0.3, -0.25) is 9.36 Å². The lowest BCUT2D eigenvalue weighted by Crippen LogP contribution is -2.23. The van der Waals surface area contributed by atoms with Crippen LogP contribution in [0.15, 0.2) is 70.7 Å². The number of benzene rings is 1. The van der Waals surface area contributed by atoms with Crippen LogP contribution in [0, 0.1) is 0 Å². The van der Waals surface area contributed by atoms with Crippen LogP contribution in [0.3, 0.4) is 0 Å². The minimum Gasteiger partial charge on any atom is -0.472 e. The van der Waals surface area contributed by atoms with Gasteiger partial charge < -0.3 is 9.73 Å². The Hall–Kier alpha value is -3.06. The summed E-state index contributed by atoms with van der Waals surface area (Å²) in [5.74, 6) is 1.08. The molecule has 1 unspecified atom stereocenters. The standard InChI is InChI=1S/C24H26N4O2S/c1-16(2)18-9-11-20(12-10-18)25-23(29)17(3)31-24-27-26-22(19-13-14-30-15-19)28(24)21-7-5-4-6-8-21/h5,7-17H,4,6H2,1-3H3,(H,25,29). The summed E-state index contributed by atoms with van der Waals surface area (Å²) in [6.45, 7) is 6.18. The number of hydrogen-bond acceptors (Lipinski definition) is 5. The number of amides is 1. The minimum atomic E-state index is -0.349. The molecule has 1 aromatic carbocycles. The van der Waals surface area contributed by atoms with Crippen LogP contribution in [0.5, 0.6) is 0 Å². The van der Waals surface area contributed by atoms with Gasteiger partial charge in [-0.25, -0.2) is 0 Å². The van der Waals surface area contributed by atoms with Gasteiger partial charge in [0, 0.05) is 11.4 Å². The van der Waals surface area contributed by atoms with Gasteiger partial charge >= 0.3 is 0 Å². The molecule has 0 fully saturated rings. The molecule has 1 N–H and O–H groups in total.